The molecule has 0 atom stereocenters. The van der Waals surface area contributed by atoms with E-state index in [2.05, 4.69) is 11.9 Å². The highest BCUT2D eigenvalue weighted by Gasteiger charge is 1.82. The van der Waals surface area contributed by atoms with E-state index in [0.29, 0.717) is 5.03 Å². The van der Waals surface area contributed by atoms with Crippen molar-refractivity contribution in [2.75, 3.05) is 7.05 Å². The lowest BCUT2D eigenvalue weighted by Crippen LogP contribution is -2.00. The predicted octanol–water partition coefficient (Wildman–Crippen LogP) is 1.23. The summed E-state index contributed by atoms with van der Waals surface area (Å²) >= 11 is 1.42. The Morgan fingerprint density at radius 1 is 1.78 bits per heavy atom. The standard InChI is InChI=1S/C6H12N2S/c1-5(8-3)4-9-6(2)7/h4,8H,2,7H2,1,3H3/b5-4+. The molecule has 0 aliphatic carbocycles. The summed E-state index contributed by atoms with van der Waals surface area (Å²) in [5.41, 5.74) is 6.38. The molecule has 0 aliphatic rings. The molecule has 0 aliphatic heterocycles. The molecular weight excluding hydrogens is 132 g/mol. The van der Waals surface area contributed by atoms with Gasteiger partial charge in [0.15, 0.2) is 0 Å². The third-order valence-corrected chi connectivity index (χ3v) is 1.56. The van der Waals surface area contributed by atoms with Gasteiger partial charge in [-0.05, 0) is 12.3 Å². The Hall–Kier alpha value is -0.570. The van der Waals surface area contributed by atoms with Gasteiger partial charge in [-0.15, -0.1) is 0 Å². The summed E-state index contributed by atoms with van der Waals surface area (Å²) in [6.45, 7) is 5.50. The Morgan fingerprint density at radius 2 is 2.33 bits per heavy atom. The number of hydrogen-bond donors (Lipinski definition) is 2. The van der Waals surface area contributed by atoms with Crippen LogP contribution in [-0.2, 0) is 0 Å². The maximum atomic E-state index is 5.29. The third kappa shape index (κ3) is 5.30. The van der Waals surface area contributed by atoms with Crippen molar-refractivity contribution >= 4 is 11.8 Å². The fourth-order valence-electron chi connectivity index (χ4n) is 0.223. The molecule has 0 amide bonds. The summed E-state index contributed by atoms with van der Waals surface area (Å²) in [6.07, 6.45) is 0. The smallest absolute Gasteiger partial charge is 0.0625 e. The summed E-state index contributed by atoms with van der Waals surface area (Å²) in [5.74, 6) is 0. The molecule has 0 heterocycles. The van der Waals surface area contributed by atoms with Gasteiger partial charge in [0.25, 0.3) is 0 Å². The second-order valence-electron chi connectivity index (χ2n) is 1.64. The molecule has 0 fully saturated rings. The first kappa shape index (κ1) is 8.43. The molecule has 0 aromatic carbocycles. The van der Waals surface area contributed by atoms with Crippen LogP contribution in [0.15, 0.2) is 22.7 Å². The molecule has 2 nitrogen and oxygen atoms in total. The maximum Gasteiger partial charge on any atom is 0.0625 e. The van der Waals surface area contributed by atoms with Gasteiger partial charge < -0.3 is 11.1 Å². The molecule has 0 saturated carbocycles. The van der Waals surface area contributed by atoms with Crippen molar-refractivity contribution in [2.45, 2.75) is 6.92 Å². The number of thioether (sulfide) groups is 1. The molecule has 0 saturated heterocycles. The quantitative estimate of drug-likeness (QED) is 0.625. The lowest BCUT2D eigenvalue weighted by Gasteiger charge is -1.96. The second kappa shape index (κ2) is 4.32. The number of allylic oxidation sites excluding steroid dienone is 1. The van der Waals surface area contributed by atoms with Crippen LogP contribution in [0.2, 0.25) is 0 Å². The van der Waals surface area contributed by atoms with E-state index in [1.165, 1.54) is 11.8 Å². The summed E-state index contributed by atoms with van der Waals surface area (Å²) in [5, 5.41) is 5.50. The fraction of sp³-hybridized carbons (Fsp3) is 0.333. The zero-order valence-corrected chi connectivity index (χ0v) is 6.59. The van der Waals surface area contributed by atoms with Gasteiger partial charge in [0.1, 0.15) is 0 Å². The van der Waals surface area contributed by atoms with Gasteiger partial charge in [-0.25, -0.2) is 0 Å². The van der Waals surface area contributed by atoms with Crippen molar-refractivity contribution in [1.29, 1.82) is 0 Å². The monoisotopic (exact) mass is 144 g/mol. The SMILES string of the molecule is C=C(N)S/C=C(\C)NC. The van der Waals surface area contributed by atoms with Gasteiger partial charge in [0.05, 0.1) is 5.03 Å². The van der Waals surface area contributed by atoms with E-state index in [1.54, 1.807) is 0 Å². The average molecular weight is 144 g/mol. The summed E-state index contributed by atoms with van der Waals surface area (Å²) in [7, 11) is 1.87. The molecule has 0 rings (SSSR count). The van der Waals surface area contributed by atoms with Crippen LogP contribution in [0.3, 0.4) is 0 Å². The Bertz CT molecular complexity index is 129. The molecule has 0 unspecified atom stereocenters. The molecule has 0 aromatic rings. The van der Waals surface area contributed by atoms with Crippen molar-refractivity contribution in [3.8, 4) is 0 Å². The molecule has 0 aromatic heterocycles. The number of nitrogens with one attached hydrogen (secondary N) is 1. The highest BCUT2D eigenvalue weighted by atomic mass is 32.2. The van der Waals surface area contributed by atoms with Crippen LogP contribution >= 0.6 is 11.8 Å². The van der Waals surface area contributed by atoms with Crippen molar-refractivity contribution < 1.29 is 0 Å². The minimum absolute atomic E-state index is 0.615. The summed E-state index contributed by atoms with van der Waals surface area (Å²) in [6, 6.07) is 0. The highest BCUT2D eigenvalue weighted by Crippen LogP contribution is 2.09. The lowest BCUT2D eigenvalue weighted by atomic mass is 10.6. The van der Waals surface area contributed by atoms with Gasteiger partial charge in [0, 0.05) is 12.7 Å². The number of rotatable bonds is 3. The van der Waals surface area contributed by atoms with E-state index < -0.39 is 0 Å². The first-order chi connectivity index (χ1) is 4.16. The van der Waals surface area contributed by atoms with Crippen LogP contribution in [0, 0.1) is 0 Å². The van der Waals surface area contributed by atoms with E-state index in [-0.39, 0.29) is 0 Å². The Morgan fingerprint density at radius 3 is 2.67 bits per heavy atom. The third-order valence-electron chi connectivity index (χ3n) is 0.781. The van der Waals surface area contributed by atoms with Crippen LogP contribution in [0.25, 0.3) is 0 Å². The normalized spacial score (nSPS) is 11.1. The van der Waals surface area contributed by atoms with E-state index in [1.807, 2.05) is 19.4 Å². The Kier molecular flexibility index (Phi) is 4.05. The molecule has 0 spiro atoms. The zero-order chi connectivity index (χ0) is 7.28. The van der Waals surface area contributed by atoms with Crippen molar-refractivity contribution in [1.82, 2.24) is 5.32 Å². The summed E-state index contributed by atoms with van der Waals surface area (Å²) in [4.78, 5) is 0. The predicted molar refractivity (Wildman–Crippen MR) is 43.7 cm³/mol. The molecule has 0 radical (unpaired) electrons. The van der Waals surface area contributed by atoms with E-state index in [9.17, 15) is 0 Å². The van der Waals surface area contributed by atoms with Crippen LogP contribution in [-0.4, -0.2) is 7.05 Å². The van der Waals surface area contributed by atoms with Crippen LogP contribution in [0.4, 0.5) is 0 Å². The molecule has 3 N–H and O–H groups in total. The molecular formula is C6H12N2S. The zero-order valence-electron chi connectivity index (χ0n) is 5.77. The molecule has 9 heavy (non-hydrogen) atoms. The van der Waals surface area contributed by atoms with Crippen LogP contribution in [0.5, 0.6) is 0 Å². The van der Waals surface area contributed by atoms with Gasteiger partial charge in [-0.1, -0.05) is 18.3 Å². The van der Waals surface area contributed by atoms with Crippen molar-refractivity contribution in [3.63, 3.8) is 0 Å². The maximum absolute atomic E-state index is 5.29. The van der Waals surface area contributed by atoms with Crippen LogP contribution in [0.1, 0.15) is 6.92 Å². The van der Waals surface area contributed by atoms with E-state index in [4.69, 9.17) is 5.73 Å². The topological polar surface area (TPSA) is 38.0 Å². The van der Waals surface area contributed by atoms with Crippen LogP contribution < -0.4 is 11.1 Å². The Labute approximate surface area is 60.2 Å². The van der Waals surface area contributed by atoms with E-state index >= 15 is 0 Å². The van der Waals surface area contributed by atoms with Gasteiger partial charge in [-0.2, -0.15) is 0 Å². The van der Waals surface area contributed by atoms with Gasteiger partial charge in [-0.3, -0.25) is 0 Å². The molecule has 52 valence electrons. The number of hydrogen-bond acceptors (Lipinski definition) is 3. The lowest BCUT2D eigenvalue weighted by molar-refractivity contribution is 0.996. The first-order valence-electron chi connectivity index (χ1n) is 2.62. The summed E-state index contributed by atoms with van der Waals surface area (Å²) < 4.78 is 0. The molecule has 0 bridgehead atoms. The van der Waals surface area contributed by atoms with Gasteiger partial charge >= 0.3 is 0 Å². The minimum Gasteiger partial charge on any atom is -0.394 e. The van der Waals surface area contributed by atoms with Crippen molar-refractivity contribution in [3.05, 3.63) is 22.7 Å². The fourth-order valence-corrected chi connectivity index (χ4v) is 0.669. The average Bonchev–Trinajstić information content (AvgIpc) is 1.83. The second-order valence-corrected chi connectivity index (χ2v) is 2.63. The number of nitrogens with two attached hydrogens (primary N) is 1. The van der Waals surface area contributed by atoms with Gasteiger partial charge in [0.2, 0.25) is 0 Å². The minimum atomic E-state index is 0.615. The molecule has 3 heteroatoms. The van der Waals surface area contributed by atoms with E-state index in [0.717, 1.165) is 5.70 Å². The largest absolute Gasteiger partial charge is 0.394 e. The Balaban J connectivity index is 3.56. The first-order valence-corrected chi connectivity index (χ1v) is 3.50. The van der Waals surface area contributed by atoms with Crippen molar-refractivity contribution in [2.24, 2.45) is 5.73 Å². The highest BCUT2D eigenvalue weighted by molar-refractivity contribution is 8.05.